The summed E-state index contributed by atoms with van der Waals surface area (Å²) in [5, 5.41) is 8.43. The van der Waals surface area contributed by atoms with Crippen LogP contribution < -0.4 is 5.73 Å². The predicted molar refractivity (Wildman–Crippen MR) is 34.8 cm³/mol. The van der Waals surface area contributed by atoms with E-state index in [-0.39, 0.29) is 11.6 Å². The van der Waals surface area contributed by atoms with Crippen molar-refractivity contribution < 1.29 is 14.3 Å². The molecule has 0 saturated carbocycles. The zero-order chi connectivity index (χ0) is 7.72. The van der Waals surface area contributed by atoms with Gasteiger partial charge < -0.3 is 15.3 Å². The smallest absolute Gasteiger partial charge is 0.372 e. The minimum atomic E-state index is -1.09. The van der Waals surface area contributed by atoms with Gasteiger partial charge in [-0.1, -0.05) is 0 Å². The topological polar surface area (TPSA) is 76.5 Å². The van der Waals surface area contributed by atoms with Crippen LogP contribution in [-0.2, 0) is 0 Å². The zero-order valence-electron chi connectivity index (χ0n) is 5.42. The molecule has 3 N–H and O–H groups in total. The highest BCUT2D eigenvalue weighted by Gasteiger charge is 2.11. The van der Waals surface area contributed by atoms with E-state index in [1.165, 1.54) is 6.07 Å². The maximum absolute atomic E-state index is 10.3. The Labute approximate surface area is 57.3 Å². The summed E-state index contributed by atoms with van der Waals surface area (Å²) < 4.78 is 4.65. The van der Waals surface area contributed by atoms with E-state index in [0.717, 1.165) is 0 Å². The van der Waals surface area contributed by atoms with Crippen molar-refractivity contribution >= 4 is 11.9 Å². The molecule has 1 rings (SSSR count). The van der Waals surface area contributed by atoms with Gasteiger partial charge in [0.15, 0.2) is 5.88 Å². The molecule has 54 valence electrons. The number of aryl methyl sites for hydroxylation is 1. The molecule has 1 heterocycles. The van der Waals surface area contributed by atoms with Crippen LogP contribution in [0.15, 0.2) is 10.5 Å². The molecule has 1 aromatic rings. The highest BCUT2D eigenvalue weighted by Crippen LogP contribution is 2.15. The van der Waals surface area contributed by atoms with Crippen molar-refractivity contribution in [2.45, 2.75) is 6.92 Å². The second-order valence-electron chi connectivity index (χ2n) is 1.97. The Morgan fingerprint density at radius 3 is 2.60 bits per heavy atom. The normalized spacial score (nSPS) is 9.70. The van der Waals surface area contributed by atoms with Crippen LogP contribution >= 0.6 is 0 Å². The lowest BCUT2D eigenvalue weighted by atomic mass is 10.3. The number of nitrogens with two attached hydrogens (primary N) is 1. The number of nitrogen functional groups attached to an aromatic ring is 1. The number of anilines is 1. The fraction of sp³-hybridized carbons (Fsp3) is 0.167. The molecule has 10 heavy (non-hydrogen) atoms. The Bertz CT molecular complexity index is 264. The lowest BCUT2D eigenvalue weighted by molar-refractivity contribution is 0.0662. The largest absolute Gasteiger partial charge is 0.475 e. The summed E-state index contributed by atoms with van der Waals surface area (Å²) in [6.07, 6.45) is 0. The predicted octanol–water partition coefficient (Wildman–Crippen LogP) is 0.868. The number of carbonyl (C=O) groups is 1. The molecule has 4 nitrogen and oxygen atoms in total. The van der Waals surface area contributed by atoms with Gasteiger partial charge in [0.25, 0.3) is 0 Å². The molecule has 0 bridgehead atoms. The Morgan fingerprint density at radius 1 is 1.80 bits per heavy atom. The fourth-order valence-corrected chi connectivity index (χ4v) is 0.719. The van der Waals surface area contributed by atoms with E-state index in [4.69, 9.17) is 10.8 Å². The standard InChI is InChI=1S/C6H7NO3/c1-3-2-4(7)10-5(3)6(8)9/h2H,7H2,1H3,(H,8,9). The molecule has 4 heteroatoms. The quantitative estimate of drug-likeness (QED) is 0.608. The third-order valence-electron chi connectivity index (χ3n) is 1.13. The second-order valence-corrected chi connectivity index (χ2v) is 1.97. The first-order valence-electron chi connectivity index (χ1n) is 2.70. The van der Waals surface area contributed by atoms with Gasteiger partial charge in [0.2, 0.25) is 5.76 Å². The molecule has 0 radical (unpaired) electrons. The maximum Gasteiger partial charge on any atom is 0.372 e. The summed E-state index contributed by atoms with van der Waals surface area (Å²) in [4.78, 5) is 10.3. The molecule has 0 amide bonds. The summed E-state index contributed by atoms with van der Waals surface area (Å²) in [6, 6.07) is 1.48. The van der Waals surface area contributed by atoms with Crippen LogP contribution in [0.1, 0.15) is 16.1 Å². The van der Waals surface area contributed by atoms with Gasteiger partial charge in [-0.2, -0.15) is 0 Å². The van der Waals surface area contributed by atoms with E-state index in [0.29, 0.717) is 5.56 Å². The highest BCUT2D eigenvalue weighted by atomic mass is 16.4. The molecule has 0 saturated heterocycles. The SMILES string of the molecule is Cc1cc(N)oc1C(=O)O. The van der Waals surface area contributed by atoms with E-state index < -0.39 is 5.97 Å². The lowest BCUT2D eigenvalue weighted by Crippen LogP contribution is -1.94. The summed E-state index contributed by atoms with van der Waals surface area (Å²) >= 11 is 0. The van der Waals surface area contributed by atoms with Crippen molar-refractivity contribution in [2.24, 2.45) is 0 Å². The van der Waals surface area contributed by atoms with E-state index in [1.807, 2.05) is 0 Å². The average molecular weight is 141 g/mol. The minimum Gasteiger partial charge on any atom is -0.475 e. The van der Waals surface area contributed by atoms with Crippen LogP contribution in [0.5, 0.6) is 0 Å². The second kappa shape index (κ2) is 2.06. The first kappa shape index (κ1) is 6.67. The Balaban J connectivity index is 3.15. The first-order valence-corrected chi connectivity index (χ1v) is 2.70. The molecule has 0 fully saturated rings. The maximum atomic E-state index is 10.3. The summed E-state index contributed by atoms with van der Waals surface area (Å²) in [5.41, 5.74) is 5.73. The van der Waals surface area contributed by atoms with Gasteiger partial charge >= 0.3 is 5.97 Å². The number of carboxylic acids is 1. The Kier molecular flexibility index (Phi) is 1.37. The summed E-state index contributed by atoms with van der Waals surface area (Å²) in [5.74, 6) is -1.04. The van der Waals surface area contributed by atoms with Gasteiger partial charge in [-0.25, -0.2) is 4.79 Å². The Morgan fingerprint density at radius 2 is 2.40 bits per heavy atom. The third kappa shape index (κ3) is 0.953. The van der Waals surface area contributed by atoms with Gasteiger partial charge in [0.1, 0.15) is 0 Å². The van der Waals surface area contributed by atoms with Gasteiger partial charge in [0, 0.05) is 11.6 Å². The van der Waals surface area contributed by atoms with Gasteiger partial charge in [-0.05, 0) is 6.92 Å². The third-order valence-corrected chi connectivity index (χ3v) is 1.13. The van der Waals surface area contributed by atoms with E-state index in [1.54, 1.807) is 6.92 Å². The van der Waals surface area contributed by atoms with E-state index >= 15 is 0 Å². The van der Waals surface area contributed by atoms with Crippen molar-refractivity contribution in [2.75, 3.05) is 5.73 Å². The van der Waals surface area contributed by atoms with Crippen molar-refractivity contribution in [3.63, 3.8) is 0 Å². The van der Waals surface area contributed by atoms with Crippen LogP contribution in [0.4, 0.5) is 5.88 Å². The fourth-order valence-electron chi connectivity index (χ4n) is 0.719. The summed E-state index contributed by atoms with van der Waals surface area (Å²) in [7, 11) is 0. The summed E-state index contributed by atoms with van der Waals surface area (Å²) in [6.45, 7) is 1.63. The molecule has 0 spiro atoms. The van der Waals surface area contributed by atoms with Crippen molar-refractivity contribution in [3.8, 4) is 0 Å². The number of hydrogen-bond donors (Lipinski definition) is 2. The number of rotatable bonds is 1. The van der Waals surface area contributed by atoms with Crippen molar-refractivity contribution in [1.29, 1.82) is 0 Å². The molecule has 0 unspecified atom stereocenters. The van der Waals surface area contributed by atoms with Crippen LogP contribution in [0.2, 0.25) is 0 Å². The number of hydrogen-bond acceptors (Lipinski definition) is 3. The van der Waals surface area contributed by atoms with Crippen LogP contribution in [0.3, 0.4) is 0 Å². The molecular formula is C6H7NO3. The van der Waals surface area contributed by atoms with E-state index in [2.05, 4.69) is 4.42 Å². The molecule has 0 aliphatic heterocycles. The van der Waals surface area contributed by atoms with Crippen molar-refractivity contribution in [3.05, 3.63) is 17.4 Å². The first-order chi connectivity index (χ1) is 4.61. The van der Waals surface area contributed by atoms with Gasteiger partial charge in [-0.3, -0.25) is 0 Å². The average Bonchev–Trinajstić information content (AvgIpc) is 2.10. The van der Waals surface area contributed by atoms with Crippen LogP contribution in [-0.4, -0.2) is 11.1 Å². The Hall–Kier alpha value is -1.45. The zero-order valence-corrected chi connectivity index (χ0v) is 5.42. The number of carboxylic acid groups (broad SMARTS) is 1. The van der Waals surface area contributed by atoms with Crippen molar-refractivity contribution in [1.82, 2.24) is 0 Å². The van der Waals surface area contributed by atoms with Gasteiger partial charge in [-0.15, -0.1) is 0 Å². The molecule has 0 atom stereocenters. The number of aromatic carboxylic acids is 1. The molecule has 1 aromatic heterocycles. The van der Waals surface area contributed by atoms with E-state index in [9.17, 15) is 4.79 Å². The molecule has 0 aliphatic carbocycles. The van der Waals surface area contributed by atoms with Crippen LogP contribution in [0, 0.1) is 6.92 Å². The molecular weight excluding hydrogens is 134 g/mol. The lowest BCUT2D eigenvalue weighted by Gasteiger charge is -1.85. The van der Waals surface area contributed by atoms with Gasteiger partial charge in [0.05, 0.1) is 0 Å². The number of furan rings is 1. The monoisotopic (exact) mass is 141 g/mol. The highest BCUT2D eigenvalue weighted by molar-refractivity contribution is 5.86. The molecule has 0 aliphatic rings. The van der Waals surface area contributed by atoms with Crippen LogP contribution in [0.25, 0.3) is 0 Å². The minimum absolute atomic E-state index is 0.0856. The molecule has 0 aromatic carbocycles.